The first-order valence-electron chi connectivity index (χ1n) is 22.8. The van der Waals surface area contributed by atoms with Crippen molar-refractivity contribution in [1.82, 2.24) is 19.5 Å². The van der Waals surface area contributed by atoms with Gasteiger partial charge in [-0.2, -0.15) is 0 Å². The second kappa shape index (κ2) is 15.6. The molecule has 2 aliphatic heterocycles. The van der Waals surface area contributed by atoms with E-state index < -0.39 is 0 Å². The lowest BCUT2D eigenvalue weighted by Crippen LogP contribution is -2.11. The van der Waals surface area contributed by atoms with Gasteiger partial charge in [0, 0.05) is 33.4 Å². The number of hydrogen-bond acceptors (Lipinski definition) is 2. The number of nitrogens with one attached hydrogen (secondary N) is 1. The van der Waals surface area contributed by atoms with Gasteiger partial charge in [0.25, 0.3) is 0 Å². The third-order valence-electron chi connectivity index (χ3n) is 12.8. The maximum absolute atomic E-state index is 5.49. The Morgan fingerprint density at radius 3 is 1.20 bits per heavy atom. The lowest BCUT2D eigenvalue weighted by Gasteiger charge is -2.21. The second-order valence-electron chi connectivity index (χ2n) is 21.8. The predicted octanol–water partition coefficient (Wildman–Crippen LogP) is 16.3. The summed E-state index contributed by atoms with van der Waals surface area (Å²) >= 11 is 0. The molecular weight excluding hydrogens is 777 g/mol. The SMILES string of the molecule is CC(C)(C)c1ccc(-c2c(-c3ccc(C(C)(C)C)cc3)c3c(-c4ccc(C(C)(C)C)cc4)c4nc(cc5ccc(cc6nc(cc2n3-c2ccc(C(C)(C)C)cc2)C=C6)[nH]5)C=C4)cc1. The van der Waals surface area contributed by atoms with Crippen molar-refractivity contribution in [2.24, 2.45) is 0 Å². The summed E-state index contributed by atoms with van der Waals surface area (Å²) in [7, 11) is 0. The number of nitrogens with zero attached hydrogens (tertiary/aromatic N) is 3. The van der Waals surface area contributed by atoms with Crippen LogP contribution in [0.5, 0.6) is 0 Å². The standard InChI is InChI=1S/C60H62N4/c1-57(2,3)41-19-13-38(14-20-41)53-51-34-31-48(63-51)36-47-28-27-45(61-47)35-46-29-30-49(62-46)37-52-54(39-15-21-42(22-16-39)58(4,5)6)55(40-17-23-43(24-18-40)59(7,8)9)56(53)64(52)50-32-25-44(26-33-50)60(10,11)12/h13-37,61H,1-12H3. The molecule has 5 heterocycles. The first kappa shape index (κ1) is 42.8. The molecule has 0 atom stereocenters. The molecule has 4 aromatic carbocycles. The van der Waals surface area contributed by atoms with Crippen molar-refractivity contribution in [3.63, 3.8) is 0 Å². The Bertz CT molecular complexity index is 3120. The highest BCUT2D eigenvalue weighted by Crippen LogP contribution is 2.48. The summed E-state index contributed by atoms with van der Waals surface area (Å²) in [4.78, 5) is 14.3. The monoisotopic (exact) mass is 838 g/mol. The normalized spacial score (nSPS) is 13.2. The maximum Gasteiger partial charge on any atom is 0.0737 e. The summed E-state index contributed by atoms with van der Waals surface area (Å²) in [5, 5.41) is 0. The number of hydrogen-bond donors (Lipinski definition) is 1. The van der Waals surface area contributed by atoms with E-state index in [0.717, 1.165) is 83.9 Å². The van der Waals surface area contributed by atoms with Gasteiger partial charge in [0.1, 0.15) is 0 Å². The first-order chi connectivity index (χ1) is 30.2. The fourth-order valence-electron chi connectivity index (χ4n) is 8.94. The van der Waals surface area contributed by atoms with Crippen molar-refractivity contribution in [3.05, 3.63) is 172 Å². The van der Waals surface area contributed by atoms with Gasteiger partial charge in [-0.05, 0) is 127 Å². The minimum Gasteiger partial charge on any atom is -0.355 e. The molecule has 64 heavy (non-hydrogen) atoms. The average molecular weight is 839 g/mol. The van der Waals surface area contributed by atoms with Crippen LogP contribution in [0.3, 0.4) is 0 Å². The van der Waals surface area contributed by atoms with Crippen LogP contribution in [0.25, 0.3) is 85.4 Å². The lowest BCUT2D eigenvalue weighted by molar-refractivity contribution is 0.590. The fourth-order valence-corrected chi connectivity index (χ4v) is 8.94. The van der Waals surface area contributed by atoms with Crippen molar-refractivity contribution in [1.29, 1.82) is 0 Å². The molecule has 0 radical (unpaired) electrons. The third kappa shape index (κ3) is 8.34. The highest BCUT2D eigenvalue weighted by molar-refractivity contribution is 6.10. The van der Waals surface area contributed by atoms with Crippen LogP contribution in [0.1, 0.15) is 128 Å². The van der Waals surface area contributed by atoms with Crippen molar-refractivity contribution in [3.8, 4) is 39.1 Å². The molecule has 0 aliphatic carbocycles. The van der Waals surface area contributed by atoms with Crippen LogP contribution in [0.15, 0.2) is 127 Å². The predicted molar refractivity (Wildman–Crippen MR) is 275 cm³/mol. The molecule has 4 nitrogen and oxygen atoms in total. The molecular formula is C60H62N4. The van der Waals surface area contributed by atoms with E-state index in [1.54, 1.807) is 0 Å². The van der Waals surface area contributed by atoms with Crippen molar-refractivity contribution >= 4 is 46.4 Å². The van der Waals surface area contributed by atoms with E-state index in [1.807, 2.05) is 0 Å². The maximum atomic E-state index is 5.49. The van der Waals surface area contributed by atoms with E-state index in [9.17, 15) is 0 Å². The summed E-state index contributed by atoms with van der Waals surface area (Å²) < 4.78 is 2.50. The molecule has 3 aromatic heterocycles. The van der Waals surface area contributed by atoms with E-state index >= 15 is 0 Å². The van der Waals surface area contributed by atoms with Gasteiger partial charge in [-0.1, -0.05) is 168 Å². The van der Waals surface area contributed by atoms with Gasteiger partial charge < -0.3 is 9.55 Å². The van der Waals surface area contributed by atoms with Crippen LogP contribution in [0.4, 0.5) is 0 Å². The zero-order valence-electron chi connectivity index (χ0n) is 39.8. The largest absolute Gasteiger partial charge is 0.355 e. The molecule has 0 saturated heterocycles. The summed E-state index contributed by atoms with van der Waals surface area (Å²) in [5.41, 5.74) is 20.6. The minimum atomic E-state index is -0.0125. The van der Waals surface area contributed by atoms with Gasteiger partial charge in [-0.3, -0.25) is 0 Å². The molecule has 7 aromatic rings. The number of fused-ring (bicyclic) bond motifs is 8. The molecule has 0 saturated carbocycles. The van der Waals surface area contributed by atoms with Crippen LogP contribution in [-0.4, -0.2) is 19.5 Å². The molecule has 322 valence electrons. The fraction of sp³-hybridized carbons (Fsp3) is 0.267. The Labute approximate surface area is 380 Å². The van der Waals surface area contributed by atoms with E-state index in [2.05, 4.69) is 244 Å². The van der Waals surface area contributed by atoms with Crippen LogP contribution >= 0.6 is 0 Å². The van der Waals surface area contributed by atoms with E-state index in [0.29, 0.717) is 0 Å². The van der Waals surface area contributed by atoms with Gasteiger partial charge in [0.05, 0.1) is 33.8 Å². The second-order valence-corrected chi connectivity index (χ2v) is 21.8. The molecule has 0 unspecified atom stereocenters. The van der Waals surface area contributed by atoms with Crippen LogP contribution in [0, 0.1) is 0 Å². The topological polar surface area (TPSA) is 46.5 Å². The van der Waals surface area contributed by atoms with Crippen molar-refractivity contribution in [2.75, 3.05) is 0 Å². The number of aromatic amines is 1. The van der Waals surface area contributed by atoms with Gasteiger partial charge in [0.15, 0.2) is 0 Å². The Morgan fingerprint density at radius 1 is 0.375 bits per heavy atom. The molecule has 0 amide bonds. The average Bonchev–Trinajstić information content (AvgIpc) is 4.05. The quantitative estimate of drug-likeness (QED) is 0.192. The molecule has 0 spiro atoms. The highest BCUT2D eigenvalue weighted by atomic mass is 15.0. The number of rotatable bonds is 4. The summed E-state index contributed by atoms with van der Waals surface area (Å²) in [6, 6.07) is 47.7. The Balaban J connectivity index is 1.56. The smallest absolute Gasteiger partial charge is 0.0737 e. The number of aromatic nitrogens is 4. The minimum absolute atomic E-state index is 0.00106. The van der Waals surface area contributed by atoms with Gasteiger partial charge in [-0.15, -0.1) is 0 Å². The van der Waals surface area contributed by atoms with Gasteiger partial charge in [0.2, 0.25) is 0 Å². The Kier molecular flexibility index (Phi) is 10.4. The van der Waals surface area contributed by atoms with Crippen molar-refractivity contribution in [2.45, 2.75) is 105 Å². The Hall–Kier alpha value is -6.52. The lowest BCUT2D eigenvalue weighted by atomic mass is 9.84. The van der Waals surface area contributed by atoms with Gasteiger partial charge in [-0.25, -0.2) is 9.97 Å². The molecule has 9 rings (SSSR count). The summed E-state index contributed by atoms with van der Waals surface area (Å²) in [6.07, 6.45) is 8.60. The zero-order valence-corrected chi connectivity index (χ0v) is 39.8. The van der Waals surface area contributed by atoms with Crippen LogP contribution in [-0.2, 0) is 21.7 Å². The van der Waals surface area contributed by atoms with E-state index in [-0.39, 0.29) is 21.7 Å². The molecule has 0 fully saturated rings. The molecule has 1 N–H and O–H groups in total. The van der Waals surface area contributed by atoms with Gasteiger partial charge >= 0.3 is 0 Å². The van der Waals surface area contributed by atoms with Crippen LogP contribution in [0.2, 0.25) is 0 Å². The number of H-pyrrole nitrogens is 1. The van der Waals surface area contributed by atoms with E-state index in [1.165, 1.54) is 22.3 Å². The summed E-state index contributed by atoms with van der Waals surface area (Å²) in [6.45, 7) is 27.4. The molecule has 4 heteroatoms. The number of benzene rings is 4. The summed E-state index contributed by atoms with van der Waals surface area (Å²) in [5.74, 6) is 0. The Morgan fingerprint density at radius 2 is 0.750 bits per heavy atom. The third-order valence-corrected chi connectivity index (χ3v) is 12.8. The first-order valence-corrected chi connectivity index (χ1v) is 22.8. The van der Waals surface area contributed by atoms with Crippen molar-refractivity contribution < 1.29 is 0 Å². The molecule has 2 aliphatic rings. The molecule has 8 bridgehead atoms. The van der Waals surface area contributed by atoms with Crippen LogP contribution < -0.4 is 0 Å². The van der Waals surface area contributed by atoms with E-state index in [4.69, 9.17) is 9.97 Å². The zero-order chi connectivity index (χ0) is 45.3. The highest BCUT2D eigenvalue weighted by Gasteiger charge is 2.28.